The molecule has 0 spiro atoms. The Kier molecular flexibility index (Phi) is 3.04. The van der Waals surface area contributed by atoms with Gasteiger partial charge in [-0.25, -0.2) is 0 Å². The van der Waals surface area contributed by atoms with Gasteiger partial charge in [-0.3, -0.25) is 0 Å². The van der Waals surface area contributed by atoms with E-state index in [9.17, 15) is 0 Å². The predicted molar refractivity (Wildman–Crippen MR) is 65.9 cm³/mol. The first-order valence-corrected chi connectivity index (χ1v) is 6.42. The fourth-order valence-corrected chi connectivity index (χ4v) is 2.33. The lowest BCUT2D eigenvalue weighted by molar-refractivity contribution is 0.00995. The minimum atomic E-state index is 0.213. The smallest absolute Gasteiger partial charge is 0.189 e. The van der Waals surface area contributed by atoms with Gasteiger partial charge in [-0.2, -0.15) is 0 Å². The van der Waals surface area contributed by atoms with E-state index < -0.39 is 0 Å². The maximum atomic E-state index is 5.99. The number of benzene rings is 1. The quantitative estimate of drug-likeness (QED) is 0.627. The Morgan fingerprint density at radius 2 is 2.12 bits per heavy atom. The molecule has 0 radical (unpaired) electrons. The van der Waals surface area contributed by atoms with Crippen LogP contribution in [0.4, 0.5) is 0 Å². The van der Waals surface area contributed by atoms with Crippen LogP contribution in [-0.4, -0.2) is 13.4 Å². The molecule has 92 valence electrons. The average molecular weight is 233 g/mol. The predicted octanol–water partition coefficient (Wildman–Crippen LogP) is 2.40. The lowest BCUT2D eigenvalue weighted by Gasteiger charge is -2.09. The van der Waals surface area contributed by atoms with Gasteiger partial charge >= 0.3 is 0 Å². The molecule has 0 saturated heterocycles. The Labute approximate surface area is 102 Å². The first-order valence-electron chi connectivity index (χ1n) is 6.42. The van der Waals surface area contributed by atoms with Crippen molar-refractivity contribution in [2.45, 2.75) is 31.7 Å². The lowest BCUT2D eigenvalue weighted by atomic mass is 10.1. The van der Waals surface area contributed by atoms with Crippen molar-refractivity contribution in [2.24, 2.45) is 11.7 Å². The summed E-state index contributed by atoms with van der Waals surface area (Å²) in [5.41, 5.74) is 8.60. The molecule has 3 nitrogen and oxygen atoms in total. The molecule has 0 aromatic heterocycles. The summed E-state index contributed by atoms with van der Waals surface area (Å²) in [6.07, 6.45) is 4.75. The fraction of sp³-hybridized carbons (Fsp3) is 0.571. The molecule has 3 rings (SSSR count). The highest BCUT2D eigenvalue weighted by Gasteiger charge is 2.21. The average Bonchev–Trinajstić information content (AvgIpc) is 3.10. The molecule has 2 aliphatic rings. The van der Waals surface area contributed by atoms with E-state index in [0.29, 0.717) is 6.79 Å². The molecule has 2 aliphatic carbocycles. The highest BCUT2D eigenvalue weighted by atomic mass is 16.7. The van der Waals surface area contributed by atoms with Crippen molar-refractivity contribution in [1.29, 1.82) is 0 Å². The molecule has 1 fully saturated rings. The van der Waals surface area contributed by atoms with E-state index in [1.165, 1.54) is 24.0 Å². The number of nitrogens with two attached hydrogens (primary N) is 1. The van der Waals surface area contributed by atoms with Crippen LogP contribution in [0, 0.1) is 5.92 Å². The Morgan fingerprint density at radius 3 is 2.94 bits per heavy atom. The van der Waals surface area contributed by atoms with Crippen molar-refractivity contribution in [3.05, 3.63) is 29.3 Å². The molecule has 1 aromatic rings. The van der Waals surface area contributed by atoms with Gasteiger partial charge in [0.25, 0.3) is 0 Å². The van der Waals surface area contributed by atoms with Gasteiger partial charge in [0.15, 0.2) is 6.79 Å². The minimum absolute atomic E-state index is 0.213. The van der Waals surface area contributed by atoms with Crippen LogP contribution in [0.2, 0.25) is 0 Å². The summed E-state index contributed by atoms with van der Waals surface area (Å²) in [7, 11) is 0. The van der Waals surface area contributed by atoms with Gasteiger partial charge in [0.2, 0.25) is 0 Å². The molecule has 0 amide bonds. The van der Waals surface area contributed by atoms with E-state index in [1.54, 1.807) is 0 Å². The maximum Gasteiger partial charge on any atom is 0.189 e. The highest BCUT2D eigenvalue weighted by Crippen LogP contribution is 2.32. The van der Waals surface area contributed by atoms with E-state index in [-0.39, 0.29) is 6.04 Å². The van der Waals surface area contributed by atoms with Crippen LogP contribution in [-0.2, 0) is 11.2 Å². The van der Waals surface area contributed by atoms with Crippen LogP contribution >= 0.6 is 0 Å². The Hall–Kier alpha value is -1.06. The number of hydrogen-bond acceptors (Lipinski definition) is 3. The second kappa shape index (κ2) is 4.67. The molecule has 0 aliphatic heterocycles. The maximum absolute atomic E-state index is 5.99. The van der Waals surface area contributed by atoms with Crippen LogP contribution in [0.5, 0.6) is 5.75 Å². The molecular formula is C14H19NO2. The van der Waals surface area contributed by atoms with E-state index >= 15 is 0 Å². The van der Waals surface area contributed by atoms with Crippen LogP contribution in [0.3, 0.4) is 0 Å². The minimum Gasteiger partial charge on any atom is -0.468 e. The zero-order valence-corrected chi connectivity index (χ0v) is 10.0. The standard InChI is InChI=1S/C14H19NO2/c15-14-6-3-11-7-12(4-5-13(11)14)17-9-16-8-10-1-2-10/h4-5,7,10,14H,1-3,6,8-9,15H2/t14-/m0/s1. The summed E-state index contributed by atoms with van der Waals surface area (Å²) < 4.78 is 11.0. The first-order chi connectivity index (χ1) is 8.33. The lowest BCUT2D eigenvalue weighted by Crippen LogP contribution is -2.06. The number of ether oxygens (including phenoxy) is 2. The largest absolute Gasteiger partial charge is 0.468 e. The Balaban J connectivity index is 1.52. The van der Waals surface area contributed by atoms with Crippen molar-refractivity contribution in [2.75, 3.05) is 13.4 Å². The summed E-state index contributed by atoms with van der Waals surface area (Å²) in [5.74, 6) is 1.69. The van der Waals surface area contributed by atoms with Crippen molar-refractivity contribution >= 4 is 0 Å². The normalized spacial score (nSPS) is 22.5. The highest BCUT2D eigenvalue weighted by molar-refractivity contribution is 5.40. The second-order valence-corrected chi connectivity index (χ2v) is 5.08. The number of hydrogen-bond donors (Lipinski definition) is 1. The summed E-state index contributed by atoms with van der Waals surface area (Å²) >= 11 is 0. The van der Waals surface area contributed by atoms with E-state index in [4.69, 9.17) is 15.2 Å². The van der Waals surface area contributed by atoms with Crippen LogP contribution in [0.15, 0.2) is 18.2 Å². The Morgan fingerprint density at radius 1 is 1.24 bits per heavy atom. The van der Waals surface area contributed by atoms with Gasteiger partial charge in [0.1, 0.15) is 5.75 Å². The fourth-order valence-electron chi connectivity index (χ4n) is 2.33. The third kappa shape index (κ3) is 2.61. The number of fused-ring (bicyclic) bond motifs is 1. The molecule has 0 bridgehead atoms. The summed E-state index contributed by atoms with van der Waals surface area (Å²) in [5, 5.41) is 0. The van der Waals surface area contributed by atoms with Crippen LogP contribution in [0.1, 0.15) is 36.4 Å². The van der Waals surface area contributed by atoms with Gasteiger partial charge < -0.3 is 15.2 Å². The van der Waals surface area contributed by atoms with Crippen molar-refractivity contribution in [1.82, 2.24) is 0 Å². The van der Waals surface area contributed by atoms with Gasteiger partial charge in [-0.1, -0.05) is 6.07 Å². The summed E-state index contributed by atoms with van der Waals surface area (Å²) in [6, 6.07) is 6.39. The van der Waals surface area contributed by atoms with Crippen molar-refractivity contribution in [3.8, 4) is 5.75 Å². The zero-order chi connectivity index (χ0) is 11.7. The topological polar surface area (TPSA) is 44.5 Å². The third-order valence-corrected chi connectivity index (χ3v) is 3.60. The van der Waals surface area contributed by atoms with Crippen LogP contribution in [0.25, 0.3) is 0 Å². The second-order valence-electron chi connectivity index (χ2n) is 5.08. The van der Waals surface area contributed by atoms with E-state index in [0.717, 1.165) is 31.1 Å². The number of rotatable bonds is 5. The monoisotopic (exact) mass is 233 g/mol. The molecule has 0 unspecified atom stereocenters. The van der Waals surface area contributed by atoms with E-state index in [2.05, 4.69) is 12.1 Å². The molecule has 1 saturated carbocycles. The van der Waals surface area contributed by atoms with Crippen molar-refractivity contribution < 1.29 is 9.47 Å². The van der Waals surface area contributed by atoms with Gasteiger partial charge in [-0.05, 0) is 54.9 Å². The molecule has 1 aromatic carbocycles. The zero-order valence-electron chi connectivity index (χ0n) is 10.0. The summed E-state index contributed by atoms with van der Waals surface area (Å²) in [6.45, 7) is 1.21. The van der Waals surface area contributed by atoms with Gasteiger partial charge in [0.05, 0.1) is 6.61 Å². The molecule has 2 N–H and O–H groups in total. The number of aryl methyl sites for hydroxylation is 1. The third-order valence-electron chi connectivity index (χ3n) is 3.60. The van der Waals surface area contributed by atoms with Crippen LogP contribution < -0.4 is 10.5 Å². The molecular weight excluding hydrogens is 214 g/mol. The summed E-state index contributed by atoms with van der Waals surface area (Å²) in [4.78, 5) is 0. The molecule has 1 atom stereocenters. The molecule has 17 heavy (non-hydrogen) atoms. The molecule has 3 heteroatoms. The Bertz CT molecular complexity index is 401. The first kappa shape index (κ1) is 11.1. The van der Waals surface area contributed by atoms with Gasteiger partial charge in [0, 0.05) is 6.04 Å². The van der Waals surface area contributed by atoms with E-state index in [1.807, 2.05) is 6.07 Å². The van der Waals surface area contributed by atoms with Gasteiger partial charge in [-0.15, -0.1) is 0 Å². The molecule has 0 heterocycles. The van der Waals surface area contributed by atoms with Crippen molar-refractivity contribution in [3.63, 3.8) is 0 Å². The SMILES string of the molecule is N[C@H]1CCc2cc(OCOCC3CC3)ccc21.